The van der Waals surface area contributed by atoms with E-state index >= 15 is 0 Å². The lowest BCUT2D eigenvalue weighted by atomic mass is 9.72. The largest absolute Gasteiger partial charge is 0.390 e. The number of nitrogens with zero attached hydrogens (tertiary/aromatic N) is 1. The number of carbonyl (C=O) groups is 1. The van der Waals surface area contributed by atoms with E-state index < -0.39 is 12.1 Å². The van der Waals surface area contributed by atoms with E-state index in [1.165, 1.54) is 5.56 Å². The summed E-state index contributed by atoms with van der Waals surface area (Å²) < 4.78 is 0. The summed E-state index contributed by atoms with van der Waals surface area (Å²) >= 11 is 0. The maximum Gasteiger partial charge on any atom is 0.252 e. The van der Waals surface area contributed by atoms with Gasteiger partial charge >= 0.3 is 0 Å². The van der Waals surface area contributed by atoms with Gasteiger partial charge in [-0.05, 0) is 55.3 Å². The average Bonchev–Trinajstić information content (AvgIpc) is 2.97. The van der Waals surface area contributed by atoms with Crippen LogP contribution < -0.4 is 10.6 Å². The van der Waals surface area contributed by atoms with E-state index in [1.807, 2.05) is 48.5 Å². The molecule has 0 saturated carbocycles. The highest BCUT2D eigenvalue weighted by Gasteiger charge is 2.52. The van der Waals surface area contributed by atoms with Gasteiger partial charge in [0.1, 0.15) is 0 Å². The minimum absolute atomic E-state index is 0.177. The molecule has 0 radical (unpaired) electrons. The van der Waals surface area contributed by atoms with E-state index in [1.54, 1.807) is 6.20 Å². The lowest BCUT2D eigenvalue weighted by molar-refractivity contribution is 0.0418. The van der Waals surface area contributed by atoms with Crippen LogP contribution >= 0.6 is 0 Å². The van der Waals surface area contributed by atoms with Gasteiger partial charge in [-0.1, -0.05) is 36.4 Å². The summed E-state index contributed by atoms with van der Waals surface area (Å²) in [7, 11) is 0. The van der Waals surface area contributed by atoms with Crippen LogP contribution in [-0.2, 0) is 5.41 Å². The van der Waals surface area contributed by atoms with Crippen LogP contribution in [0.1, 0.15) is 40.4 Å². The van der Waals surface area contributed by atoms with Crippen molar-refractivity contribution in [3.8, 4) is 0 Å². The van der Waals surface area contributed by atoms with Crippen molar-refractivity contribution in [2.45, 2.75) is 30.4 Å². The Morgan fingerprint density at radius 2 is 1.89 bits per heavy atom. The maximum absolute atomic E-state index is 13.2. The molecule has 1 spiro atoms. The van der Waals surface area contributed by atoms with Gasteiger partial charge in [0.05, 0.1) is 17.7 Å². The molecule has 5 heteroatoms. The Morgan fingerprint density at radius 1 is 1.07 bits per heavy atom. The van der Waals surface area contributed by atoms with Gasteiger partial charge in [0.2, 0.25) is 0 Å². The molecule has 2 atom stereocenters. The third-order valence-corrected chi connectivity index (χ3v) is 6.39. The second-order valence-corrected chi connectivity index (χ2v) is 7.77. The summed E-state index contributed by atoms with van der Waals surface area (Å²) in [6.45, 7) is 1.75. The lowest BCUT2D eigenvalue weighted by Crippen LogP contribution is -2.48. The highest BCUT2D eigenvalue weighted by molar-refractivity contribution is 6.06. The number of benzene rings is 2. The molecule has 0 bridgehead atoms. The molecule has 1 amide bonds. The predicted molar refractivity (Wildman–Crippen MR) is 108 cm³/mol. The van der Waals surface area contributed by atoms with Gasteiger partial charge in [0, 0.05) is 22.6 Å². The monoisotopic (exact) mass is 373 g/mol. The summed E-state index contributed by atoms with van der Waals surface area (Å²) in [6.07, 6.45) is 2.83. The Hall–Kier alpha value is -2.76. The molecule has 28 heavy (non-hydrogen) atoms. The van der Waals surface area contributed by atoms with Crippen molar-refractivity contribution < 1.29 is 9.90 Å². The van der Waals surface area contributed by atoms with Crippen LogP contribution in [0.25, 0.3) is 10.9 Å². The third kappa shape index (κ3) is 2.54. The average molecular weight is 373 g/mol. The number of hydrogen-bond donors (Lipinski definition) is 3. The fourth-order valence-corrected chi connectivity index (χ4v) is 4.99. The SMILES string of the molecule is O=C(N[C@H]1c2ccccc2C2(CCNCC2)[C@@H]1O)c1cccc2ncccc12. The molecule has 5 nitrogen and oxygen atoms in total. The molecule has 2 aliphatic rings. The molecule has 142 valence electrons. The second-order valence-electron chi connectivity index (χ2n) is 7.77. The predicted octanol–water partition coefficient (Wildman–Crippen LogP) is 2.70. The first-order valence-electron chi connectivity index (χ1n) is 9.83. The van der Waals surface area contributed by atoms with Crippen molar-refractivity contribution in [1.29, 1.82) is 0 Å². The Bertz CT molecular complexity index is 1040. The summed E-state index contributed by atoms with van der Waals surface area (Å²) in [6, 6.07) is 17.0. The van der Waals surface area contributed by atoms with E-state index in [0.717, 1.165) is 42.4 Å². The summed E-state index contributed by atoms with van der Waals surface area (Å²) in [5.41, 5.74) is 3.29. The van der Waals surface area contributed by atoms with E-state index in [2.05, 4.69) is 21.7 Å². The number of piperidine rings is 1. The van der Waals surface area contributed by atoms with Gasteiger partial charge in [-0.3, -0.25) is 9.78 Å². The van der Waals surface area contributed by atoms with E-state index in [0.29, 0.717) is 5.56 Å². The quantitative estimate of drug-likeness (QED) is 0.646. The zero-order valence-electron chi connectivity index (χ0n) is 15.6. The number of pyridine rings is 1. The number of carbonyl (C=O) groups excluding carboxylic acids is 1. The van der Waals surface area contributed by atoms with E-state index in [9.17, 15) is 9.90 Å². The highest BCUT2D eigenvalue weighted by atomic mass is 16.3. The molecule has 1 fully saturated rings. The number of nitrogens with one attached hydrogen (secondary N) is 2. The molecule has 3 N–H and O–H groups in total. The lowest BCUT2D eigenvalue weighted by Gasteiger charge is -2.38. The van der Waals surface area contributed by atoms with Crippen LogP contribution in [0.5, 0.6) is 0 Å². The first-order valence-corrected chi connectivity index (χ1v) is 9.83. The second kappa shape index (κ2) is 6.69. The number of aliphatic hydroxyl groups excluding tert-OH is 1. The number of hydrogen-bond acceptors (Lipinski definition) is 4. The Balaban J connectivity index is 1.52. The maximum atomic E-state index is 13.2. The molecular formula is C23H23N3O2. The van der Waals surface area contributed by atoms with Gasteiger partial charge in [-0.2, -0.15) is 0 Å². The fraction of sp³-hybridized carbons (Fsp3) is 0.304. The molecule has 1 aromatic heterocycles. The Labute approximate surface area is 163 Å². The van der Waals surface area contributed by atoms with Gasteiger partial charge in [0.15, 0.2) is 0 Å². The first kappa shape index (κ1) is 17.3. The number of amides is 1. The molecule has 2 aromatic carbocycles. The van der Waals surface area contributed by atoms with Crippen molar-refractivity contribution in [3.05, 3.63) is 77.5 Å². The molecule has 5 rings (SSSR count). The van der Waals surface area contributed by atoms with Crippen LogP contribution in [0.2, 0.25) is 0 Å². The van der Waals surface area contributed by atoms with E-state index in [-0.39, 0.29) is 11.3 Å². The number of fused-ring (bicyclic) bond motifs is 3. The fourth-order valence-electron chi connectivity index (χ4n) is 4.99. The molecule has 0 unspecified atom stereocenters. The minimum Gasteiger partial charge on any atom is -0.390 e. The zero-order chi connectivity index (χ0) is 19.1. The summed E-state index contributed by atoms with van der Waals surface area (Å²) in [5, 5.41) is 18.7. The number of aliphatic hydroxyl groups is 1. The summed E-state index contributed by atoms with van der Waals surface area (Å²) in [5.74, 6) is -0.177. The van der Waals surface area contributed by atoms with Crippen molar-refractivity contribution in [1.82, 2.24) is 15.6 Å². The number of aromatic nitrogens is 1. The molecule has 3 aromatic rings. The van der Waals surface area contributed by atoms with Crippen LogP contribution in [0.3, 0.4) is 0 Å². The third-order valence-electron chi connectivity index (χ3n) is 6.39. The van der Waals surface area contributed by atoms with Crippen LogP contribution in [-0.4, -0.2) is 35.2 Å². The van der Waals surface area contributed by atoms with Crippen molar-refractivity contribution in [3.63, 3.8) is 0 Å². The van der Waals surface area contributed by atoms with Gasteiger partial charge < -0.3 is 15.7 Å². The van der Waals surface area contributed by atoms with Crippen LogP contribution in [0, 0.1) is 0 Å². The zero-order valence-corrected chi connectivity index (χ0v) is 15.6. The minimum atomic E-state index is -0.635. The number of rotatable bonds is 2. The summed E-state index contributed by atoms with van der Waals surface area (Å²) in [4.78, 5) is 17.5. The van der Waals surface area contributed by atoms with Gasteiger partial charge in [-0.15, -0.1) is 0 Å². The van der Waals surface area contributed by atoms with E-state index in [4.69, 9.17) is 0 Å². The van der Waals surface area contributed by atoms with Crippen molar-refractivity contribution in [2.75, 3.05) is 13.1 Å². The van der Waals surface area contributed by atoms with Gasteiger partial charge in [-0.25, -0.2) is 0 Å². The molecule has 1 aliphatic heterocycles. The standard InChI is InChI=1S/C23H23N3O2/c27-21-20(17-5-1-2-8-18(17)23(21)10-13-24-14-11-23)26-22(28)16-6-3-9-19-15(16)7-4-12-25-19/h1-9,12,20-21,24,27H,10-11,13-14H2,(H,26,28)/t20-,21+/m0/s1. The Kier molecular flexibility index (Phi) is 4.14. The topological polar surface area (TPSA) is 74.2 Å². The highest BCUT2D eigenvalue weighted by Crippen LogP contribution is 2.50. The first-order chi connectivity index (χ1) is 13.7. The van der Waals surface area contributed by atoms with Crippen LogP contribution in [0.4, 0.5) is 0 Å². The molecule has 1 saturated heterocycles. The Morgan fingerprint density at radius 3 is 2.75 bits per heavy atom. The molecular weight excluding hydrogens is 350 g/mol. The molecule has 1 aliphatic carbocycles. The van der Waals surface area contributed by atoms with Gasteiger partial charge in [0.25, 0.3) is 5.91 Å². The van der Waals surface area contributed by atoms with Crippen molar-refractivity contribution in [2.24, 2.45) is 0 Å². The molecule has 2 heterocycles. The van der Waals surface area contributed by atoms with Crippen LogP contribution in [0.15, 0.2) is 60.8 Å². The normalized spacial score (nSPS) is 22.9. The van der Waals surface area contributed by atoms with Crippen molar-refractivity contribution >= 4 is 16.8 Å². The smallest absolute Gasteiger partial charge is 0.252 e.